The molecule has 0 spiro atoms. The first-order valence-corrected chi connectivity index (χ1v) is 6.99. The predicted molar refractivity (Wildman–Crippen MR) is 76.9 cm³/mol. The number of carbonyl (C=O) groups excluding carboxylic acids is 1. The van der Waals surface area contributed by atoms with Gasteiger partial charge in [-0.05, 0) is 44.4 Å². The molecular formula is C16H20FNO3. The molecule has 0 saturated heterocycles. The summed E-state index contributed by atoms with van der Waals surface area (Å²) in [6, 6.07) is 5.59. The molecule has 1 aromatic rings. The minimum Gasteiger partial charge on any atom is -0.498 e. The van der Waals surface area contributed by atoms with Gasteiger partial charge < -0.3 is 15.2 Å². The highest BCUT2D eigenvalue weighted by molar-refractivity contribution is 5.93. The zero-order valence-electron chi connectivity index (χ0n) is 12.3. The average Bonchev–Trinajstić information content (AvgIpc) is 2.46. The van der Waals surface area contributed by atoms with Crippen molar-refractivity contribution in [3.8, 4) is 0 Å². The molecule has 0 radical (unpaired) electrons. The van der Waals surface area contributed by atoms with Gasteiger partial charge in [-0.15, -0.1) is 0 Å². The molecular weight excluding hydrogens is 273 g/mol. The van der Waals surface area contributed by atoms with E-state index in [0.717, 1.165) is 6.42 Å². The van der Waals surface area contributed by atoms with Crippen molar-refractivity contribution in [2.45, 2.75) is 32.3 Å². The standard InChI is InChI=1S/C16H20FNO3/c1-11-14(4-3-9-21-11)15(19)18-10-16(2,20)12-5-7-13(17)8-6-12/h5-8,20H,3-4,9-10H2,1-2H3,(H,18,19). The normalized spacial score (nSPS) is 17.9. The van der Waals surface area contributed by atoms with Crippen LogP contribution in [-0.4, -0.2) is 24.2 Å². The summed E-state index contributed by atoms with van der Waals surface area (Å²) >= 11 is 0. The number of rotatable bonds is 4. The quantitative estimate of drug-likeness (QED) is 0.895. The minimum absolute atomic E-state index is 0.0498. The highest BCUT2D eigenvalue weighted by Crippen LogP contribution is 2.22. The fourth-order valence-electron chi connectivity index (χ4n) is 2.28. The Bertz CT molecular complexity index is 549. The van der Waals surface area contributed by atoms with E-state index in [4.69, 9.17) is 4.74 Å². The van der Waals surface area contributed by atoms with Gasteiger partial charge in [0.15, 0.2) is 0 Å². The van der Waals surface area contributed by atoms with Gasteiger partial charge in [-0.2, -0.15) is 0 Å². The van der Waals surface area contributed by atoms with Gasteiger partial charge in [0.1, 0.15) is 17.2 Å². The number of hydrogen-bond acceptors (Lipinski definition) is 3. The van der Waals surface area contributed by atoms with E-state index < -0.39 is 5.60 Å². The second kappa shape index (κ2) is 6.26. The smallest absolute Gasteiger partial charge is 0.250 e. The van der Waals surface area contributed by atoms with Gasteiger partial charge in [0.2, 0.25) is 0 Å². The van der Waals surface area contributed by atoms with Crippen LogP contribution in [0.3, 0.4) is 0 Å². The fourth-order valence-corrected chi connectivity index (χ4v) is 2.28. The van der Waals surface area contributed by atoms with E-state index >= 15 is 0 Å². The summed E-state index contributed by atoms with van der Waals surface area (Å²) in [6.45, 7) is 4.04. The molecule has 2 N–H and O–H groups in total. The summed E-state index contributed by atoms with van der Waals surface area (Å²) in [4.78, 5) is 12.1. The molecule has 2 rings (SSSR count). The predicted octanol–water partition coefficient (Wildman–Crippen LogP) is 2.23. The molecule has 1 unspecified atom stereocenters. The molecule has 0 aliphatic carbocycles. The third-order valence-corrected chi connectivity index (χ3v) is 3.65. The highest BCUT2D eigenvalue weighted by Gasteiger charge is 2.25. The lowest BCUT2D eigenvalue weighted by molar-refractivity contribution is -0.119. The summed E-state index contributed by atoms with van der Waals surface area (Å²) in [5, 5.41) is 13.1. The lowest BCUT2D eigenvalue weighted by Gasteiger charge is -2.25. The Labute approximate surface area is 123 Å². The Kier molecular flexibility index (Phi) is 4.63. The van der Waals surface area contributed by atoms with Gasteiger partial charge in [0.05, 0.1) is 18.7 Å². The van der Waals surface area contributed by atoms with E-state index in [0.29, 0.717) is 29.9 Å². The SMILES string of the molecule is CC1=C(C(=O)NCC(C)(O)c2ccc(F)cc2)CCCO1. The van der Waals surface area contributed by atoms with Crippen LogP contribution in [0.5, 0.6) is 0 Å². The molecule has 1 atom stereocenters. The van der Waals surface area contributed by atoms with E-state index in [1.165, 1.54) is 24.3 Å². The summed E-state index contributed by atoms with van der Waals surface area (Å²) in [5.41, 5.74) is -0.0844. The first-order chi connectivity index (χ1) is 9.90. The number of carbonyl (C=O) groups is 1. The lowest BCUT2D eigenvalue weighted by Crippen LogP contribution is -2.39. The molecule has 5 heteroatoms. The van der Waals surface area contributed by atoms with Gasteiger partial charge >= 0.3 is 0 Å². The average molecular weight is 293 g/mol. The van der Waals surface area contributed by atoms with Crippen LogP contribution in [0, 0.1) is 5.82 Å². The number of nitrogens with one attached hydrogen (secondary N) is 1. The van der Waals surface area contributed by atoms with Crippen LogP contribution >= 0.6 is 0 Å². The van der Waals surface area contributed by atoms with Crippen LogP contribution in [0.1, 0.15) is 32.3 Å². The van der Waals surface area contributed by atoms with Crippen LogP contribution in [0.2, 0.25) is 0 Å². The molecule has 114 valence electrons. The molecule has 0 aromatic heterocycles. The van der Waals surface area contributed by atoms with E-state index in [9.17, 15) is 14.3 Å². The third kappa shape index (κ3) is 3.82. The number of aliphatic hydroxyl groups is 1. The monoisotopic (exact) mass is 293 g/mol. The van der Waals surface area contributed by atoms with Crippen molar-refractivity contribution in [3.63, 3.8) is 0 Å². The van der Waals surface area contributed by atoms with Gasteiger partial charge in [-0.3, -0.25) is 4.79 Å². The summed E-state index contributed by atoms with van der Waals surface area (Å²) in [6.07, 6.45) is 1.49. The minimum atomic E-state index is -1.26. The van der Waals surface area contributed by atoms with Crippen LogP contribution in [0.4, 0.5) is 4.39 Å². The maximum Gasteiger partial charge on any atom is 0.250 e. The van der Waals surface area contributed by atoms with Crippen molar-refractivity contribution in [1.29, 1.82) is 0 Å². The Morgan fingerprint density at radius 1 is 1.43 bits per heavy atom. The van der Waals surface area contributed by atoms with E-state index in [1.54, 1.807) is 13.8 Å². The van der Waals surface area contributed by atoms with Gasteiger partial charge in [0, 0.05) is 0 Å². The maximum atomic E-state index is 12.9. The number of amides is 1. The van der Waals surface area contributed by atoms with E-state index in [-0.39, 0.29) is 18.3 Å². The zero-order valence-corrected chi connectivity index (χ0v) is 12.3. The third-order valence-electron chi connectivity index (χ3n) is 3.65. The Balaban J connectivity index is 2.01. The first kappa shape index (κ1) is 15.5. The number of ether oxygens (including phenoxy) is 1. The van der Waals surface area contributed by atoms with Crippen molar-refractivity contribution in [2.24, 2.45) is 0 Å². The molecule has 1 aromatic carbocycles. The molecule has 1 aliphatic heterocycles. The van der Waals surface area contributed by atoms with Crippen molar-refractivity contribution >= 4 is 5.91 Å². The second-order valence-electron chi connectivity index (χ2n) is 5.45. The number of allylic oxidation sites excluding steroid dienone is 1. The molecule has 1 heterocycles. The molecule has 0 saturated carbocycles. The molecule has 0 bridgehead atoms. The van der Waals surface area contributed by atoms with E-state index in [1.807, 2.05) is 0 Å². The first-order valence-electron chi connectivity index (χ1n) is 6.99. The Morgan fingerprint density at radius 2 is 2.10 bits per heavy atom. The lowest BCUT2D eigenvalue weighted by atomic mass is 9.95. The molecule has 21 heavy (non-hydrogen) atoms. The van der Waals surface area contributed by atoms with Crippen LogP contribution < -0.4 is 5.32 Å². The Hall–Kier alpha value is -1.88. The number of benzene rings is 1. The van der Waals surface area contributed by atoms with Crippen LogP contribution in [-0.2, 0) is 15.1 Å². The van der Waals surface area contributed by atoms with Gasteiger partial charge in [-0.25, -0.2) is 4.39 Å². The van der Waals surface area contributed by atoms with Crippen LogP contribution in [0.15, 0.2) is 35.6 Å². The molecule has 1 amide bonds. The topological polar surface area (TPSA) is 58.6 Å². The molecule has 0 fully saturated rings. The molecule has 4 nitrogen and oxygen atoms in total. The summed E-state index contributed by atoms with van der Waals surface area (Å²) in [7, 11) is 0. The van der Waals surface area contributed by atoms with Gasteiger partial charge in [0.25, 0.3) is 5.91 Å². The second-order valence-corrected chi connectivity index (χ2v) is 5.45. The summed E-state index contributed by atoms with van der Waals surface area (Å²) < 4.78 is 18.3. The number of hydrogen-bond donors (Lipinski definition) is 2. The maximum absolute atomic E-state index is 12.9. The van der Waals surface area contributed by atoms with Crippen molar-refractivity contribution < 1.29 is 19.0 Å². The number of halogens is 1. The van der Waals surface area contributed by atoms with Crippen molar-refractivity contribution in [1.82, 2.24) is 5.32 Å². The highest BCUT2D eigenvalue weighted by atomic mass is 19.1. The van der Waals surface area contributed by atoms with E-state index in [2.05, 4.69) is 5.32 Å². The fraction of sp³-hybridized carbons (Fsp3) is 0.438. The molecule has 1 aliphatic rings. The zero-order chi connectivity index (χ0) is 15.5. The largest absolute Gasteiger partial charge is 0.498 e. The van der Waals surface area contributed by atoms with Crippen molar-refractivity contribution in [3.05, 3.63) is 47.0 Å². The van der Waals surface area contributed by atoms with Gasteiger partial charge in [-0.1, -0.05) is 12.1 Å². The summed E-state index contributed by atoms with van der Waals surface area (Å²) in [5.74, 6) is 0.0495. The Morgan fingerprint density at radius 3 is 2.71 bits per heavy atom. The van der Waals surface area contributed by atoms with Crippen LogP contribution in [0.25, 0.3) is 0 Å². The van der Waals surface area contributed by atoms with Crippen molar-refractivity contribution in [2.75, 3.05) is 13.2 Å².